The second kappa shape index (κ2) is 3.81. The standard InChI is InChI=1S/C6H10BrNO2/c7-2-5-10-6(9)8-3-1-4-8/h1-5H2. The first kappa shape index (κ1) is 7.85. The lowest BCUT2D eigenvalue weighted by Crippen LogP contribution is -2.42. The van der Waals surface area contributed by atoms with Gasteiger partial charge in [-0.1, -0.05) is 15.9 Å². The van der Waals surface area contributed by atoms with E-state index in [1.165, 1.54) is 0 Å². The van der Waals surface area contributed by atoms with Gasteiger partial charge in [0, 0.05) is 18.4 Å². The maximum Gasteiger partial charge on any atom is 0.409 e. The van der Waals surface area contributed by atoms with Crippen LogP contribution in [0.1, 0.15) is 6.42 Å². The van der Waals surface area contributed by atoms with Gasteiger partial charge in [0.15, 0.2) is 0 Å². The number of carbonyl (C=O) groups is 1. The quantitative estimate of drug-likeness (QED) is 0.638. The molecule has 1 fully saturated rings. The van der Waals surface area contributed by atoms with Crippen molar-refractivity contribution in [3.8, 4) is 0 Å². The molecule has 1 aliphatic rings. The van der Waals surface area contributed by atoms with Crippen LogP contribution in [0.15, 0.2) is 0 Å². The third-order valence-electron chi connectivity index (χ3n) is 1.42. The van der Waals surface area contributed by atoms with E-state index in [-0.39, 0.29) is 6.09 Å². The summed E-state index contributed by atoms with van der Waals surface area (Å²) in [5, 5.41) is 0.715. The molecular weight excluding hydrogens is 198 g/mol. The normalized spacial score (nSPS) is 16.3. The Hall–Kier alpha value is -0.250. The number of rotatable bonds is 2. The topological polar surface area (TPSA) is 29.5 Å². The summed E-state index contributed by atoms with van der Waals surface area (Å²) in [6.45, 7) is 2.19. The highest BCUT2D eigenvalue weighted by Crippen LogP contribution is 2.07. The number of halogens is 1. The van der Waals surface area contributed by atoms with Crippen LogP contribution < -0.4 is 0 Å². The molecule has 58 valence electrons. The first-order valence-electron chi connectivity index (χ1n) is 3.32. The molecule has 0 N–H and O–H groups in total. The minimum Gasteiger partial charge on any atom is -0.449 e. The lowest BCUT2D eigenvalue weighted by atomic mass is 10.2. The fraction of sp³-hybridized carbons (Fsp3) is 0.833. The lowest BCUT2D eigenvalue weighted by molar-refractivity contribution is 0.0859. The molecule has 1 saturated heterocycles. The lowest BCUT2D eigenvalue weighted by Gasteiger charge is -2.29. The first-order valence-corrected chi connectivity index (χ1v) is 4.44. The highest BCUT2D eigenvalue weighted by Gasteiger charge is 2.20. The van der Waals surface area contributed by atoms with Crippen molar-refractivity contribution in [2.24, 2.45) is 0 Å². The van der Waals surface area contributed by atoms with E-state index in [2.05, 4.69) is 15.9 Å². The second-order valence-electron chi connectivity index (χ2n) is 2.14. The van der Waals surface area contributed by atoms with E-state index in [0.29, 0.717) is 11.9 Å². The zero-order chi connectivity index (χ0) is 7.40. The van der Waals surface area contributed by atoms with Crippen LogP contribution in [0.4, 0.5) is 4.79 Å². The van der Waals surface area contributed by atoms with E-state index < -0.39 is 0 Å². The van der Waals surface area contributed by atoms with E-state index >= 15 is 0 Å². The van der Waals surface area contributed by atoms with Crippen molar-refractivity contribution in [3.63, 3.8) is 0 Å². The average molecular weight is 208 g/mol. The van der Waals surface area contributed by atoms with Crippen molar-refractivity contribution in [1.29, 1.82) is 0 Å². The number of hydrogen-bond donors (Lipinski definition) is 0. The summed E-state index contributed by atoms with van der Waals surface area (Å²) in [6, 6.07) is 0. The molecule has 10 heavy (non-hydrogen) atoms. The molecule has 0 aromatic carbocycles. The number of hydrogen-bond acceptors (Lipinski definition) is 2. The molecule has 1 amide bonds. The van der Waals surface area contributed by atoms with Crippen LogP contribution in [0.25, 0.3) is 0 Å². The van der Waals surface area contributed by atoms with Gasteiger partial charge in [-0.3, -0.25) is 0 Å². The molecule has 0 aromatic rings. The number of carbonyl (C=O) groups excluding carboxylic acids is 1. The van der Waals surface area contributed by atoms with Crippen molar-refractivity contribution in [3.05, 3.63) is 0 Å². The summed E-state index contributed by atoms with van der Waals surface area (Å²) in [7, 11) is 0. The molecule has 1 aliphatic heterocycles. The number of amides is 1. The van der Waals surface area contributed by atoms with Crippen LogP contribution in [0.3, 0.4) is 0 Å². The number of nitrogens with zero attached hydrogens (tertiary/aromatic N) is 1. The van der Waals surface area contributed by atoms with Gasteiger partial charge in [0.05, 0.1) is 0 Å². The Kier molecular flexibility index (Phi) is 2.99. The molecule has 4 heteroatoms. The Labute approximate surface area is 68.5 Å². The number of likely N-dealkylation sites (tertiary alicyclic amines) is 1. The molecule has 0 aromatic heterocycles. The van der Waals surface area contributed by atoms with E-state index in [9.17, 15) is 4.79 Å². The van der Waals surface area contributed by atoms with Crippen LogP contribution in [0, 0.1) is 0 Å². The molecule has 0 aliphatic carbocycles. The molecule has 0 atom stereocenters. The van der Waals surface area contributed by atoms with E-state index in [0.717, 1.165) is 19.5 Å². The molecule has 1 rings (SSSR count). The number of alkyl halides is 1. The van der Waals surface area contributed by atoms with Crippen molar-refractivity contribution >= 4 is 22.0 Å². The minimum absolute atomic E-state index is 0.175. The SMILES string of the molecule is O=C(OCCBr)N1CCC1. The van der Waals surface area contributed by atoms with Gasteiger partial charge in [0.1, 0.15) is 6.61 Å². The van der Waals surface area contributed by atoms with Crippen LogP contribution in [0.2, 0.25) is 0 Å². The van der Waals surface area contributed by atoms with Gasteiger partial charge >= 0.3 is 6.09 Å². The average Bonchev–Trinajstić information content (AvgIpc) is 1.79. The number of ether oxygens (including phenoxy) is 1. The third-order valence-corrected chi connectivity index (χ3v) is 1.74. The smallest absolute Gasteiger partial charge is 0.409 e. The monoisotopic (exact) mass is 207 g/mol. The highest BCUT2D eigenvalue weighted by molar-refractivity contribution is 9.09. The summed E-state index contributed by atoms with van der Waals surface area (Å²) < 4.78 is 4.84. The summed E-state index contributed by atoms with van der Waals surface area (Å²) in [6.07, 6.45) is 0.939. The zero-order valence-electron chi connectivity index (χ0n) is 5.68. The van der Waals surface area contributed by atoms with Gasteiger partial charge < -0.3 is 9.64 Å². The van der Waals surface area contributed by atoms with Gasteiger partial charge in [0.2, 0.25) is 0 Å². The molecule has 0 bridgehead atoms. The zero-order valence-corrected chi connectivity index (χ0v) is 7.26. The van der Waals surface area contributed by atoms with E-state index in [1.54, 1.807) is 4.90 Å². The van der Waals surface area contributed by atoms with Crippen LogP contribution in [0.5, 0.6) is 0 Å². The summed E-state index contributed by atoms with van der Waals surface area (Å²) in [5.74, 6) is 0. The molecule has 0 unspecified atom stereocenters. The fourth-order valence-electron chi connectivity index (χ4n) is 0.716. The summed E-state index contributed by atoms with van der Waals surface area (Å²) >= 11 is 3.17. The summed E-state index contributed by atoms with van der Waals surface area (Å²) in [5.41, 5.74) is 0. The molecule has 3 nitrogen and oxygen atoms in total. The maximum absolute atomic E-state index is 10.9. The van der Waals surface area contributed by atoms with Gasteiger partial charge in [-0.15, -0.1) is 0 Å². The van der Waals surface area contributed by atoms with Gasteiger partial charge in [-0.05, 0) is 6.42 Å². The van der Waals surface area contributed by atoms with Crippen molar-refractivity contribution in [2.45, 2.75) is 6.42 Å². The largest absolute Gasteiger partial charge is 0.449 e. The highest BCUT2D eigenvalue weighted by atomic mass is 79.9. The Bertz CT molecular complexity index is 125. The van der Waals surface area contributed by atoms with Crippen molar-refractivity contribution in [2.75, 3.05) is 25.0 Å². The van der Waals surface area contributed by atoms with Crippen LogP contribution >= 0.6 is 15.9 Å². The Balaban J connectivity index is 2.08. The predicted octanol–water partition coefficient (Wildman–Crippen LogP) is 1.22. The van der Waals surface area contributed by atoms with Crippen LogP contribution in [-0.2, 0) is 4.74 Å². The fourth-order valence-corrected chi connectivity index (χ4v) is 0.878. The molecule has 0 spiro atoms. The van der Waals surface area contributed by atoms with E-state index in [4.69, 9.17) is 4.74 Å². The van der Waals surface area contributed by atoms with Gasteiger partial charge in [0.25, 0.3) is 0 Å². The Morgan fingerprint density at radius 1 is 1.60 bits per heavy atom. The first-order chi connectivity index (χ1) is 4.84. The molecule has 0 saturated carbocycles. The van der Waals surface area contributed by atoms with E-state index in [1.807, 2.05) is 0 Å². The molecule has 0 radical (unpaired) electrons. The van der Waals surface area contributed by atoms with Crippen molar-refractivity contribution < 1.29 is 9.53 Å². The maximum atomic E-state index is 10.9. The molecule has 1 heterocycles. The minimum atomic E-state index is -0.175. The third kappa shape index (κ3) is 1.87. The Morgan fingerprint density at radius 3 is 2.70 bits per heavy atom. The van der Waals surface area contributed by atoms with Gasteiger partial charge in [-0.2, -0.15) is 0 Å². The Morgan fingerprint density at radius 2 is 2.30 bits per heavy atom. The van der Waals surface area contributed by atoms with Gasteiger partial charge in [-0.25, -0.2) is 4.79 Å². The second-order valence-corrected chi connectivity index (χ2v) is 2.94. The predicted molar refractivity (Wildman–Crippen MR) is 41.3 cm³/mol. The van der Waals surface area contributed by atoms with Crippen molar-refractivity contribution in [1.82, 2.24) is 4.90 Å². The summed E-state index contributed by atoms with van der Waals surface area (Å²) in [4.78, 5) is 12.6. The van der Waals surface area contributed by atoms with Crippen LogP contribution in [-0.4, -0.2) is 36.0 Å². The molecular formula is C6H10BrNO2.